The molecule has 2 aromatic rings. The summed E-state index contributed by atoms with van der Waals surface area (Å²) in [7, 11) is 0. The summed E-state index contributed by atoms with van der Waals surface area (Å²) in [4.78, 5) is 15.2. The van der Waals surface area contributed by atoms with Crippen LogP contribution in [0.3, 0.4) is 0 Å². The van der Waals surface area contributed by atoms with Crippen molar-refractivity contribution in [3.05, 3.63) is 52.5 Å². The standard InChI is InChI=1S/C14H13BrFN3O/c1-9(20)19-11-4-5-13(16)14(6-11)18-8-12-3-2-10(15)7-17-12/h2-7,18H,8H2,1H3,(H,19,20). The van der Waals surface area contributed by atoms with Gasteiger partial charge >= 0.3 is 0 Å². The van der Waals surface area contributed by atoms with Crippen LogP contribution >= 0.6 is 15.9 Å². The monoisotopic (exact) mass is 337 g/mol. The van der Waals surface area contributed by atoms with E-state index in [1.807, 2.05) is 12.1 Å². The van der Waals surface area contributed by atoms with Crippen LogP contribution in [0.5, 0.6) is 0 Å². The average Bonchev–Trinajstić information content (AvgIpc) is 2.40. The van der Waals surface area contributed by atoms with E-state index in [1.165, 1.54) is 19.1 Å². The maximum Gasteiger partial charge on any atom is 0.221 e. The van der Waals surface area contributed by atoms with Crippen molar-refractivity contribution in [2.45, 2.75) is 13.5 Å². The first kappa shape index (κ1) is 14.5. The van der Waals surface area contributed by atoms with Crippen LogP contribution in [0.25, 0.3) is 0 Å². The topological polar surface area (TPSA) is 54.0 Å². The number of anilines is 2. The number of rotatable bonds is 4. The normalized spacial score (nSPS) is 10.2. The van der Waals surface area contributed by atoms with Crippen LogP contribution in [-0.2, 0) is 11.3 Å². The molecule has 0 saturated carbocycles. The van der Waals surface area contributed by atoms with Gasteiger partial charge in [0.15, 0.2) is 0 Å². The zero-order chi connectivity index (χ0) is 14.5. The zero-order valence-electron chi connectivity index (χ0n) is 10.8. The minimum Gasteiger partial charge on any atom is -0.377 e. The van der Waals surface area contributed by atoms with Crippen molar-refractivity contribution in [1.29, 1.82) is 0 Å². The molecule has 2 rings (SSSR count). The van der Waals surface area contributed by atoms with Gasteiger partial charge < -0.3 is 10.6 Å². The van der Waals surface area contributed by atoms with Crippen molar-refractivity contribution in [1.82, 2.24) is 4.98 Å². The first-order valence-corrected chi connectivity index (χ1v) is 6.75. The fourth-order valence-corrected chi connectivity index (χ4v) is 1.87. The molecule has 0 atom stereocenters. The van der Waals surface area contributed by atoms with Gasteiger partial charge in [-0.25, -0.2) is 4.39 Å². The third kappa shape index (κ3) is 4.03. The van der Waals surface area contributed by atoms with E-state index >= 15 is 0 Å². The van der Waals surface area contributed by atoms with Crippen LogP contribution in [0.15, 0.2) is 41.0 Å². The molecule has 0 aliphatic heterocycles. The van der Waals surface area contributed by atoms with E-state index in [0.29, 0.717) is 17.9 Å². The molecule has 1 heterocycles. The number of hydrogen-bond acceptors (Lipinski definition) is 3. The van der Waals surface area contributed by atoms with Crippen LogP contribution in [-0.4, -0.2) is 10.9 Å². The molecular formula is C14H13BrFN3O. The quantitative estimate of drug-likeness (QED) is 0.896. The third-order valence-electron chi connectivity index (χ3n) is 2.54. The van der Waals surface area contributed by atoms with Gasteiger partial charge in [-0.1, -0.05) is 0 Å². The number of carbonyl (C=O) groups is 1. The van der Waals surface area contributed by atoms with Crippen molar-refractivity contribution < 1.29 is 9.18 Å². The maximum atomic E-state index is 13.7. The Bertz CT molecular complexity index is 616. The highest BCUT2D eigenvalue weighted by atomic mass is 79.9. The van der Waals surface area contributed by atoms with E-state index in [9.17, 15) is 9.18 Å². The molecule has 4 nitrogen and oxygen atoms in total. The molecule has 0 bridgehead atoms. The van der Waals surface area contributed by atoms with Gasteiger partial charge in [-0.3, -0.25) is 9.78 Å². The first-order valence-electron chi connectivity index (χ1n) is 5.96. The summed E-state index contributed by atoms with van der Waals surface area (Å²) in [5.41, 5.74) is 1.66. The molecule has 20 heavy (non-hydrogen) atoms. The van der Waals surface area contributed by atoms with Crippen LogP contribution in [0, 0.1) is 5.82 Å². The lowest BCUT2D eigenvalue weighted by Crippen LogP contribution is -2.07. The number of amides is 1. The number of pyridine rings is 1. The van der Waals surface area contributed by atoms with Gasteiger partial charge in [0.25, 0.3) is 0 Å². The highest BCUT2D eigenvalue weighted by molar-refractivity contribution is 9.10. The first-order chi connectivity index (χ1) is 9.54. The Kier molecular flexibility index (Phi) is 4.68. The molecule has 6 heteroatoms. The molecule has 0 saturated heterocycles. The SMILES string of the molecule is CC(=O)Nc1ccc(F)c(NCc2ccc(Br)cn2)c1. The minimum absolute atomic E-state index is 0.197. The summed E-state index contributed by atoms with van der Waals surface area (Å²) >= 11 is 3.30. The van der Waals surface area contributed by atoms with Gasteiger partial charge in [0, 0.05) is 23.3 Å². The van der Waals surface area contributed by atoms with Crippen LogP contribution in [0.1, 0.15) is 12.6 Å². The molecule has 0 aliphatic carbocycles. The van der Waals surface area contributed by atoms with Crippen LogP contribution < -0.4 is 10.6 Å². The molecular weight excluding hydrogens is 325 g/mol. The lowest BCUT2D eigenvalue weighted by molar-refractivity contribution is -0.114. The number of aromatic nitrogens is 1. The van der Waals surface area contributed by atoms with E-state index in [-0.39, 0.29) is 11.7 Å². The molecule has 104 valence electrons. The number of hydrogen-bond donors (Lipinski definition) is 2. The van der Waals surface area contributed by atoms with Crippen molar-refractivity contribution in [3.8, 4) is 0 Å². The second kappa shape index (κ2) is 6.47. The Balaban J connectivity index is 2.08. The van der Waals surface area contributed by atoms with Crippen molar-refractivity contribution in [2.75, 3.05) is 10.6 Å². The van der Waals surface area contributed by atoms with Crippen LogP contribution in [0.2, 0.25) is 0 Å². The van der Waals surface area contributed by atoms with Gasteiger partial charge in [0.2, 0.25) is 5.91 Å². The molecule has 0 aliphatic rings. The Labute approximate surface area is 124 Å². The lowest BCUT2D eigenvalue weighted by Gasteiger charge is -2.10. The van der Waals surface area contributed by atoms with Crippen LogP contribution in [0.4, 0.5) is 15.8 Å². The fourth-order valence-electron chi connectivity index (χ4n) is 1.64. The molecule has 1 aromatic heterocycles. The van der Waals surface area contributed by atoms with E-state index in [4.69, 9.17) is 0 Å². The second-order valence-electron chi connectivity index (χ2n) is 4.20. The van der Waals surface area contributed by atoms with Gasteiger partial charge in [0.05, 0.1) is 17.9 Å². The second-order valence-corrected chi connectivity index (χ2v) is 5.11. The maximum absolute atomic E-state index is 13.7. The van der Waals surface area contributed by atoms with Gasteiger partial charge in [-0.05, 0) is 46.3 Å². The fraction of sp³-hybridized carbons (Fsp3) is 0.143. The Morgan fingerprint density at radius 3 is 2.80 bits per heavy atom. The Morgan fingerprint density at radius 1 is 1.35 bits per heavy atom. The molecule has 0 fully saturated rings. The van der Waals surface area contributed by atoms with E-state index in [1.54, 1.807) is 12.3 Å². The van der Waals surface area contributed by atoms with Crippen molar-refractivity contribution in [2.24, 2.45) is 0 Å². The zero-order valence-corrected chi connectivity index (χ0v) is 12.4. The molecule has 2 N–H and O–H groups in total. The number of nitrogens with one attached hydrogen (secondary N) is 2. The minimum atomic E-state index is -0.379. The summed E-state index contributed by atoms with van der Waals surface area (Å²) in [6.45, 7) is 1.80. The Morgan fingerprint density at radius 2 is 2.15 bits per heavy atom. The summed E-state index contributed by atoms with van der Waals surface area (Å²) in [6.07, 6.45) is 1.68. The largest absolute Gasteiger partial charge is 0.377 e. The molecule has 0 unspecified atom stereocenters. The summed E-state index contributed by atoms with van der Waals surface area (Å²) in [6, 6.07) is 8.08. The molecule has 0 radical (unpaired) electrons. The van der Waals surface area contributed by atoms with E-state index in [2.05, 4.69) is 31.5 Å². The van der Waals surface area contributed by atoms with Gasteiger partial charge in [-0.15, -0.1) is 0 Å². The highest BCUT2D eigenvalue weighted by Gasteiger charge is 2.05. The van der Waals surface area contributed by atoms with Crippen molar-refractivity contribution in [3.63, 3.8) is 0 Å². The smallest absolute Gasteiger partial charge is 0.221 e. The van der Waals surface area contributed by atoms with E-state index < -0.39 is 0 Å². The number of halogens is 2. The number of carbonyl (C=O) groups excluding carboxylic acids is 1. The van der Waals surface area contributed by atoms with Gasteiger partial charge in [0.1, 0.15) is 5.82 Å². The number of nitrogens with zero attached hydrogens (tertiary/aromatic N) is 1. The predicted molar refractivity (Wildman–Crippen MR) is 80.0 cm³/mol. The summed E-state index contributed by atoms with van der Waals surface area (Å²) in [5, 5.41) is 5.57. The van der Waals surface area contributed by atoms with Gasteiger partial charge in [-0.2, -0.15) is 0 Å². The molecule has 0 spiro atoms. The van der Waals surface area contributed by atoms with Crippen molar-refractivity contribution >= 4 is 33.2 Å². The Hall–Kier alpha value is -1.95. The summed E-state index contributed by atoms with van der Waals surface area (Å²) in [5.74, 6) is -0.576. The van der Waals surface area contributed by atoms with E-state index in [0.717, 1.165) is 10.2 Å². The molecule has 1 aromatic carbocycles. The predicted octanol–water partition coefficient (Wildman–Crippen LogP) is 3.55. The molecule has 1 amide bonds. The average molecular weight is 338 g/mol. The highest BCUT2D eigenvalue weighted by Crippen LogP contribution is 2.20. The third-order valence-corrected chi connectivity index (χ3v) is 3.00. The lowest BCUT2D eigenvalue weighted by atomic mass is 10.2. The summed E-state index contributed by atoms with van der Waals surface area (Å²) < 4.78 is 14.6. The number of benzene rings is 1.